The zero-order valence-corrected chi connectivity index (χ0v) is 18.4. The number of likely N-dealkylation sites (tertiary alicyclic amines) is 1. The van der Waals surface area contributed by atoms with Gasteiger partial charge in [-0.3, -0.25) is 9.59 Å². The standard InChI is InChI=1S/C25H29NO5/c1-16(2)17-6-8-18(9-7-17)22-21(23(27)19-10-12-20(31-4)13-11-19)24(28)25(29)26(22)14-5-15-30-3/h6-13,16,22,27H,5,14-15H2,1-4H3/t22-/m1/s1. The van der Waals surface area contributed by atoms with Gasteiger partial charge >= 0.3 is 0 Å². The van der Waals surface area contributed by atoms with Crippen LogP contribution in [0.3, 0.4) is 0 Å². The fourth-order valence-corrected chi connectivity index (χ4v) is 3.80. The molecule has 1 heterocycles. The number of methoxy groups -OCH3 is 2. The molecule has 3 rings (SSSR count). The van der Waals surface area contributed by atoms with Crippen LogP contribution in [-0.2, 0) is 14.3 Å². The molecule has 0 aliphatic carbocycles. The highest BCUT2D eigenvalue weighted by Crippen LogP contribution is 2.40. The molecule has 1 atom stereocenters. The van der Waals surface area contributed by atoms with Gasteiger partial charge in [0.2, 0.25) is 0 Å². The number of aliphatic hydroxyl groups excluding tert-OH is 1. The van der Waals surface area contributed by atoms with E-state index in [4.69, 9.17) is 9.47 Å². The SMILES string of the molecule is COCCCN1C(=O)C(=O)C(=C(O)c2ccc(OC)cc2)[C@H]1c1ccc(C(C)C)cc1. The van der Waals surface area contributed by atoms with E-state index in [-0.39, 0.29) is 11.3 Å². The Kier molecular flexibility index (Phi) is 7.13. The molecule has 0 spiro atoms. The summed E-state index contributed by atoms with van der Waals surface area (Å²) in [5, 5.41) is 11.1. The van der Waals surface area contributed by atoms with Crippen LogP contribution in [0, 0.1) is 0 Å². The quantitative estimate of drug-likeness (QED) is 0.297. The molecule has 1 N–H and O–H groups in total. The minimum absolute atomic E-state index is 0.102. The first-order valence-corrected chi connectivity index (χ1v) is 10.4. The first-order valence-electron chi connectivity index (χ1n) is 10.4. The van der Waals surface area contributed by atoms with Crippen LogP contribution in [0.2, 0.25) is 0 Å². The van der Waals surface area contributed by atoms with Gasteiger partial charge in [-0.25, -0.2) is 0 Å². The number of carbonyl (C=O) groups is 2. The normalized spacial score (nSPS) is 18.1. The number of carbonyl (C=O) groups excluding carboxylic acids is 2. The number of benzene rings is 2. The van der Waals surface area contributed by atoms with Crippen molar-refractivity contribution < 1.29 is 24.2 Å². The van der Waals surface area contributed by atoms with Crippen molar-refractivity contribution >= 4 is 17.4 Å². The van der Waals surface area contributed by atoms with Gasteiger partial charge in [0, 0.05) is 25.8 Å². The van der Waals surface area contributed by atoms with Crippen molar-refractivity contribution in [3.63, 3.8) is 0 Å². The van der Waals surface area contributed by atoms with Gasteiger partial charge < -0.3 is 19.5 Å². The lowest BCUT2D eigenvalue weighted by molar-refractivity contribution is -0.140. The molecular weight excluding hydrogens is 394 g/mol. The molecule has 1 saturated heterocycles. The highest BCUT2D eigenvalue weighted by Gasteiger charge is 2.45. The zero-order valence-electron chi connectivity index (χ0n) is 18.4. The number of rotatable bonds is 8. The Balaban J connectivity index is 2.09. The predicted octanol–water partition coefficient (Wildman–Crippen LogP) is 4.28. The van der Waals surface area contributed by atoms with E-state index in [9.17, 15) is 14.7 Å². The molecule has 6 nitrogen and oxygen atoms in total. The molecule has 0 radical (unpaired) electrons. The lowest BCUT2D eigenvalue weighted by Gasteiger charge is -2.25. The van der Waals surface area contributed by atoms with Crippen molar-refractivity contribution in [3.05, 3.63) is 70.8 Å². The number of nitrogens with zero attached hydrogens (tertiary/aromatic N) is 1. The second-order valence-corrected chi connectivity index (χ2v) is 7.89. The molecule has 2 aromatic rings. The van der Waals surface area contributed by atoms with Gasteiger partial charge in [0.1, 0.15) is 11.5 Å². The third kappa shape index (κ3) is 4.64. The third-order valence-electron chi connectivity index (χ3n) is 5.57. The highest BCUT2D eigenvalue weighted by atomic mass is 16.5. The van der Waals surface area contributed by atoms with E-state index in [1.165, 1.54) is 4.90 Å². The van der Waals surface area contributed by atoms with Crippen molar-refractivity contribution in [2.75, 3.05) is 27.4 Å². The molecule has 1 aliphatic rings. The third-order valence-corrected chi connectivity index (χ3v) is 5.57. The molecule has 0 bridgehead atoms. The first-order chi connectivity index (χ1) is 14.9. The Labute approximate surface area is 183 Å². The lowest BCUT2D eigenvalue weighted by Crippen LogP contribution is -2.31. The number of ether oxygens (including phenoxy) is 2. The van der Waals surface area contributed by atoms with Crippen LogP contribution in [0.15, 0.2) is 54.1 Å². The molecule has 31 heavy (non-hydrogen) atoms. The molecule has 0 unspecified atom stereocenters. The monoisotopic (exact) mass is 423 g/mol. The van der Waals surface area contributed by atoms with Gasteiger partial charge in [-0.1, -0.05) is 38.1 Å². The predicted molar refractivity (Wildman–Crippen MR) is 119 cm³/mol. The maximum atomic E-state index is 13.0. The van der Waals surface area contributed by atoms with E-state index in [0.717, 1.165) is 11.1 Å². The van der Waals surface area contributed by atoms with Crippen LogP contribution < -0.4 is 4.74 Å². The smallest absolute Gasteiger partial charge is 0.295 e. The molecule has 0 saturated carbocycles. The summed E-state index contributed by atoms with van der Waals surface area (Å²) in [7, 11) is 3.15. The van der Waals surface area contributed by atoms with Crippen LogP contribution in [-0.4, -0.2) is 49.1 Å². The van der Waals surface area contributed by atoms with E-state index in [0.29, 0.717) is 36.8 Å². The van der Waals surface area contributed by atoms with Crippen molar-refractivity contribution in [3.8, 4) is 5.75 Å². The van der Waals surface area contributed by atoms with Gasteiger partial charge in [-0.05, 0) is 47.7 Å². The Hall–Kier alpha value is -3.12. The van der Waals surface area contributed by atoms with Gasteiger partial charge in [-0.15, -0.1) is 0 Å². The summed E-state index contributed by atoms with van der Waals surface area (Å²) in [6.45, 7) is 5.04. The Morgan fingerprint density at radius 1 is 1.03 bits per heavy atom. The average molecular weight is 424 g/mol. The Morgan fingerprint density at radius 3 is 2.23 bits per heavy atom. The van der Waals surface area contributed by atoms with E-state index in [2.05, 4.69) is 13.8 Å². The molecule has 1 fully saturated rings. The fraction of sp³-hybridized carbons (Fsp3) is 0.360. The summed E-state index contributed by atoms with van der Waals surface area (Å²) in [6, 6.07) is 14.0. The number of aliphatic hydroxyl groups is 1. The second-order valence-electron chi connectivity index (χ2n) is 7.89. The number of Topliss-reactive ketones (excluding diaryl/α,β-unsaturated/α-hetero) is 1. The van der Waals surface area contributed by atoms with E-state index in [1.807, 2.05) is 24.3 Å². The summed E-state index contributed by atoms with van der Waals surface area (Å²) in [6.07, 6.45) is 0.590. The van der Waals surface area contributed by atoms with Gasteiger partial charge in [0.15, 0.2) is 0 Å². The Bertz CT molecular complexity index is 960. The van der Waals surface area contributed by atoms with Crippen LogP contribution in [0.1, 0.15) is 48.9 Å². The molecule has 0 aromatic heterocycles. The summed E-state index contributed by atoms with van der Waals surface area (Å²) in [5.74, 6) is -0.472. The molecule has 6 heteroatoms. The number of amides is 1. The van der Waals surface area contributed by atoms with E-state index < -0.39 is 17.7 Å². The van der Waals surface area contributed by atoms with Gasteiger partial charge in [0.25, 0.3) is 11.7 Å². The minimum atomic E-state index is -0.677. The maximum Gasteiger partial charge on any atom is 0.295 e. The zero-order chi connectivity index (χ0) is 22.5. The molecule has 1 aliphatic heterocycles. The van der Waals surface area contributed by atoms with Crippen molar-refractivity contribution in [2.45, 2.75) is 32.2 Å². The highest BCUT2D eigenvalue weighted by molar-refractivity contribution is 6.46. The number of hydrogen-bond acceptors (Lipinski definition) is 5. The largest absolute Gasteiger partial charge is 0.507 e. The van der Waals surface area contributed by atoms with Crippen molar-refractivity contribution in [2.24, 2.45) is 0 Å². The first kappa shape index (κ1) is 22.6. The Morgan fingerprint density at radius 2 is 1.68 bits per heavy atom. The molecule has 2 aromatic carbocycles. The summed E-state index contributed by atoms with van der Waals surface area (Å²) in [4.78, 5) is 27.4. The van der Waals surface area contributed by atoms with E-state index in [1.54, 1.807) is 38.5 Å². The van der Waals surface area contributed by atoms with Crippen LogP contribution in [0.5, 0.6) is 5.75 Å². The maximum absolute atomic E-state index is 13.0. The number of ketones is 1. The second kappa shape index (κ2) is 9.79. The van der Waals surface area contributed by atoms with Gasteiger partial charge in [0.05, 0.1) is 18.7 Å². The molecule has 1 amide bonds. The van der Waals surface area contributed by atoms with Crippen molar-refractivity contribution in [1.82, 2.24) is 4.90 Å². The van der Waals surface area contributed by atoms with Gasteiger partial charge in [-0.2, -0.15) is 0 Å². The van der Waals surface area contributed by atoms with E-state index >= 15 is 0 Å². The van der Waals surface area contributed by atoms with Crippen LogP contribution in [0.4, 0.5) is 0 Å². The lowest BCUT2D eigenvalue weighted by atomic mass is 9.93. The van der Waals surface area contributed by atoms with Crippen molar-refractivity contribution in [1.29, 1.82) is 0 Å². The topological polar surface area (TPSA) is 76.1 Å². The summed E-state index contributed by atoms with van der Waals surface area (Å²) in [5.41, 5.74) is 2.51. The van der Waals surface area contributed by atoms with Crippen LogP contribution >= 0.6 is 0 Å². The van der Waals surface area contributed by atoms with Crippen LogP contribution in [0.25, 0.3) is 5.76 Å². The molecular formula is C25H29NO5. The molecule has 164 valence electrons. The summed E-state index contributed by atoms with van der Waals surface area (Å²) >= 11 is 0. The number of hydrogen-bond donors (Lipinski definition) is 1. The fourth-order valence-electron chi connectivity index (χ4n) is 3.80. The average Bonchev–Trinajstić information content (AvgIpc) is 3.04. The summed E-state index contributed by atoms with van der Waals surface area (Å²) < 4.78 is 10.3. The minimum Gasteiger partial charge on any atom is -0.507 e.